The van der Waals surface area contributed by atoms with Crippen LogP contribution in [-0.4, -0.2) is 28.3 Å². The molecule has 0 radical (unpaired) electrons. The number of benzene rings is 3. The van der Waals surface area contributed by atoms with Crippen LogP contribution in [-0.2, 0) is 27.8 Å². The van der Waals surface area contributed by atoms with Crippen molar-refractivity contribution < 1.29 is 19.1 Å². The quantitative estimate of drug-likeness (QED) is 0.384. The van der Waals surface area contributed by atoms with E-state index in [1.54, 1.807) is 42.5 Å². The molecule has 3 aromatic carbocycles. The van der Waals surface area contributed by atoms with E-state index in [9.17, 15) is 14.4 Å². The topological polar surface area (TPSA) is 99.5 Å². The minimum Gasteiger partial charge on any atom is -0.455 e. The number of carbonyl (C=O) groups is 2. The molecule has 1 aromatic heterocycles. The molecule has 4 aromatic rings. The summed E-state index contributed by atoms with van der Waals surface area (Å²) in [6.07, 6.45) is -0.194. The van der Waals surface area contributed by atoms with Crippen molar-refractivity contribution >= 4 is 39.9 Å². The van der Waals surface area contributed by atoms with Crippen LogP contribution in [0.25, 0.3) is 10.8 Å². The average Bonchev–Trinajstić information content (AvgIpc) is 2.84. The van der Waals surface area contributed by atoms with Gasteiger partial charge in [0.2, 0.25) is 0 Å². The molecule has 178 valence electrons. The largest absolute Gasteiger partial charge is 0.455 e. The number of esters is 1. The Kier molecular flexibility index (Phi) is 7.12. The smallest absolute Gasteiger partial charge is 0.312 e. The predicted molar refractivity (Wildman–Crippen MR) is 133 cm³/mol. The van der Waals surface area contributed by atoms with Crippen LogP contribution in [0.15, 0.2) is 71.5 Å². The highest BCUT2D eigenvalue weighted by Crippen LogP contribution is 2.32. The molecule has 0 aliphatic heterocycles. The second kappa shape index (κ2) is 10.4. The van der Waals surface area contributed by atoms with Crippen LogP contribution < -0.4 is 15.6 Å². The van der Waals surface area contributed by atoms with Gasteiger partial charge >= 0.3 is 5.97 Å². The summed E-state index contributed by atoms with van der Waals surface area (Å²) in [5, 5.41) is 8.25. The first-order valence-corrected chi connectivity index (χ1v) is 11.1. The highest BCUT2D eigenvalue weighted by Gasteiger charge is 2.16. The molecular weight excluding hydrogens is 470 g/mol. The van der Waals surface area contributed by atoms with Gasteiger partial charge in [0.15, 0.2) is 12.4 Å². The predicted octanol–water partition coefficient (Wildman–Crippen LogP) is 4.41. The Bertz CT molecular complexity index is 1460. The van der Waals surface area contributed by atoms with Crippen LogP contribution in [0.1, 0.15) is 11.3 Å². The summed E-state index contributed by atoms with van der Waals surface area (Å²) in [6, 6.07) is 19.2. The molecule has 0 saturated heterocycles. The summed E-state index contributed by atoms with van der Waals surface area (Å²) in [5.41, 5.74) is 1.55. The van der Waals surface area contributed by atoms with E-state index in [-0.39, 0.29) is 12.0 Å². The summed E-state index contributed by atoms with van der Waals surface area (Å²) < 4.78 is 12.2. The first-order valence-electron chi connectivity index (χ1n) is 10.7. The molecule has 0 fully saturated rings. The molecule has 4 rings (SSSR count). The first-order chi connectivity index (χ1) is 16.8. The van der Waals surface area contributed by atoms with E-state index in [2.05, 4.69) is 10.4 Å². The van der Waals surface area contributed by atoms with E-state index in [0.29, 0.717) is 38.7 Å². The second-order valence-corrected chi connectivity index (χ2v) is 8.30. The number of nitrogens with zero attached hydrogens (tertiary/aromatic N) is 2. The van der Waals surface area contributed by atoms with Gasteiger partial charge in [0, 0.05) is 17.5 Å². The van der Waals surface area contributed by atoms with Gasteiger partial charge in [-0.15, -0.1) is 0 Å². The molecule has 8 nitrogen and oxygen atoms in total. The van der Waals surface area contributed by atoms with Gasteiger partial charge in [-0.2, -0.15) is 5.10 Å². The van der Waals surface area contributed by atoms with Gasteiger partial charge in [-0.05, 0) is 43.3 Å². The minimum absolute atomic E-state index is 0.194. The highest BCUT2D eigenvalue weighted by molar-refractivity contribution is 6.31. The number of carbonyl (C=O) groups excluding carboxylic acids is 2. The highest BCUT2D eigenvalue weighted by atomic mass is 35.5. The molecular formula is C26H22ClN3O5. The summed E-state index contributed by atoms with van der Waals surface area (Å²) >= 11 is 6.09. The van der Waals surface area contributed by atoms with Crippen molar-refractivity contribution in [3.63, 3.8) is 0 Å². The number of nitrogens with one attached hydrogen (secondary N) is 1. The molecule has 0 aliphatic carbocycles. The van der Waals surface area contributed by atoms with Crippen LogP contribution in [0.2, 0.25) is 5.02 Å². The van der Waals surface area contributed by atoms with Crippen LogP contribution in [0, 0.1) is 6.92 Å². The van der Waals surface area contributed by atoms with E-state index in [4.69, 9.17) is 21.1 Å². The third-order valence-electron chi connectivity index (χ3n) is 5.17. The molecule has 0 saturated carbocycles. The van der Waals surface area contributed by atoms with Crippen molar-refractivity contribution in [3.8, 4) is 11.5 Å². The SMILES string of the molecule is Cc1ccc(Oc2ccc(Cl)cc2NC(=O)COC(=O)Cc2nn(C)c(=O)c3ccccc23)cc1. The molecule has 1 amide bonds. The Morgan fingerprint density at radius 1 is 1.03 bits per heavy atom. The maximum Gasteiger partial charge on any atom is 0.312 e. The Labute approximate surface area is 206 Å². The van der Waals surface area contributed by atoms with Gasteiger partial charge in [-0.1, -0.05) is 47.5 Å². The molecule has 0 spiro atoms. The maximum absolute atomic E-state index is 12.5. The number of hydrogen-bond acceptors (Lipinski definition) is 6. The third kappa shape index (κ3) is 5.85. The van der Waals surface area contributed by atoms with Crippen LogP contribution in [0.3, 0.4) is 0 Å². The van der Waals surface area contributed by atoms with Gasteiger partial charge in [0.05, 0.1) is 23.2 Å². The van der Waals surface area contributed by atoms with Gasteiger partial charge < -0.3 is 14.8 Å². The summed E-state index contributed by atoms with van der Waals surface area (Å²) in [6.45, 7) is 1.45. The van der Waals surface area contributed by atoms with E-state index < -0.39 is 18.5 Å². The van der Waals surface area contributed by atoms with Crippen molar-refractivity contribution in [2.45, 2.75) is 13.3 Å². The lowest BCUT2D eigenvalue weighted by atomic mass is 10.1. The number of hydrogen-bond donors (Lipinski definition) is 1. The molecule has 0 atom stereocenters. The lowest BCUT2D eigenvalue weighted by Gasteiger charge is -2.13. The van der Waals surface area contributed by atoms with Crippen molar-refractivity contribution in [1.82, 2.24) is 9.78 Å². The molecule has 0 aliphatic rings. The van der Waals surface area contributed by atoms with Crippen LogP contribution in [0.4, 0.5) is 5.69 Å². The Hall–Kier alpha value is -4.17. The Morgan fingerprint density at radius 2 is 1.74 bits per heavy atom. The summed E-state index contributed by atoms with van der Waals surface area (Å²) in [7, 11) is 1.51. The third-order valence-corrected chi connectivity index (χ3v) is 5.41. The van der Waals surface area contributed by atoms with Crippen molar-refractivity contribution in [2.24, 2.45) is 7.05 Å². The molecule has 35 heavy (non-hydrogen) atoms. The molecule has 0 bridgehead atoms. The van der Waals surface area contributed by atoms with Gasteiger partial charge in [0.25, 0.3) is 11.5 Å². The number of aryl methyl sites for hydroxylation is 2. The number of ether oxygens (including phenoxy) is 2. The number of halogens is 1. The van der Waals surface area contributed by atoms with Crippen LogP contribution >= 0.6 is 11.6 Å². The fourth-order valence-corrected chi connectivity index (χ4v) is 3.62. The monoisotopic (exact) mass is 491 g/mol. The Morgan fingerprint density at radius 3 is 2.49 bits per heavy atom. The number of aromatic nitrogens is 2. The molecule has 0 unspecified atom stereocenters. The van der Waals surface area contributed by atoms with E-state index >= 15 is 0 Å². The zero-order valence-electron chi connectivity index (χ0n) is 19.1. The molecule has 9 heteroatoms. The zero-order chi connectivity index (χ0) is 24.9. The number of anilines is 1. The van der Waals surface area contributed by atoms with Crippen LogP contribution in [0.5, 0.6) is 11.5 Å². The van der Waals surface area contributed by atoms with E-state index in [0.717, 1.165) is 5.56 Å². The Balaban J connectivity index is 1.41. The number of amides is 1. The summed E-state index contributed by atoms with van der Waals surface area (Å²) in [4.78, 5) is 37.2. The van der Waals surface area contributed by atoms with Crippen molar-refractivity contribution in [2.75, 3.05) is 11.9 Å². The zero-order valence-corrected chi connectivity index (χ0v) is 19.8. The fourth-order valence-electron chi connectivity index (χ4n) is 3.45. The normalized spacial score (nSPS) is 10.7. The fraction of sp³-hybridized carbons (Fsp3) is 0.154. The lowest BCUT2D eigenvalue weighted by Crippen LogP contribution is -2.24. The van der Waals surface area contributed by atoms with Crippen molar-refractivity contribution in [1.29, 1.82) is 0 Å². The molecule has 1 N–H and O–H groups in total. The first kappa shape index (κ1) is 24.0. The summed E-state index contributed by atoms with van der Waals surface area (Å²) in [5.74, 6) is -0.234. The van der Waals surface area contributed by atoms with Gasteiger partial charge in [-0.3, -0.25) is 14.4 Å². The lowest BCUT2D eigenvalue weighted by molar-refractivity contribution is -0.146. The standard InChI is InChI=1S/C26H22ClN3O5/c1-16-7-10-18(11-8-16)35-23-12-9-17(27)13-22(23)28-24(31)15-34-25(32)14-21-19-5-3-4-6-20(19)26(33)30(2)29-21/h3-13H,14-15H2,1-2H3,(H,28,31). The minimum atomic E-state index is -0.654. The number of fused-ring (bicyclic) bond motifs is 1. The maximum atomic E-state index is 12.5. The van der Waals surface area contributed by atoms with E-state index in [1.807, 2.05) is 31.2 Å². The van der Waals surface area contributed by atoms with Gasteiger partial charge in [-0.25, -0.2) is 4.68 Å². The van der Waals surface area contributed by atoms with Gasteiger partial charge in [0.1, 0.15) is 5.75 Å². The van der Waals surface area contributed by atoms with E-state index in [1.165, 1.54) is 11.7 Å². The second-order valence-electron chi connectivity index (χ2n) is 7.86. The molecule has 1 heterocycles. The van der Waals surface area contributed by atoms with Crippen molar-refractivity contribution in [3.05, 3.63) is 93.4 Å². The number of rotatable bonds is 7. The average molecular weight is 492 g/mol.